The Morgan fingerprint density at radius 1 is 1.53 bits per heavy atom. The van der Waals surface area contributed by atoms with Crippen molar-refractivity contribution < 1.29 is 14.6 Å². The van der Waals surface area contributed by atoms with Gasteiger partial charge in [-0.15, -0.1) is 0 Å². The zero-order valence-corrected chi connectivity index (χ0v) is 11.5. The van der Waals surface area contributed by atoms with Crippen LogP contribution >= 0.6 is 0 Å². The quantitative estimate of drug-likeness (QED) is 0.869. The number of carbonyl (C=O) groups excluding carboxylic acids is 1. The van der Waals surface area contributed by atoms with Gasteiger partial charge in [-0.1, -0.05) is 13.8 Å². The molecule has 2 rings (SSSR count). The minimum atomic E-state index is -0.107. The Morgan fingerprint density at radius 3 is 2.95 bits per heavy atom. The summed E-state index contributed by atoms with van der Waals surface area (Å²) in [4.78, 5) is 13.5. The molecule has 0 aliphatic carbocycles. The first-order chi connectivity index (χ1) is 8.99. The molecule has 1 atom stereocenters. The molecule has 1 aromatic carbocycles. The first kappa shape index (κ1) is 13.5. The van der Waals surface area contributed by atoms with Gasteiger partial charge in [-0.25, -0.2) is 0 Å². The molecule has 2 N–H and O–H groups in total. The van der Waals surface area contributed by atoms with Gasteiger partial charge >= 0.3 is 0 Å². The molecule has 104 valence electrons. The highest BCUT2D eigenvalue weighted by Gasteiger charge is 2.27. The van der Waals surface area contributed by atoms with E-state index >= 15 is 0 Å². The second-order valence-electron chi connectivity index (χ2n) is 5.07. The predicted octanol–water partition coefficient (Wildman–Crippen LogP) is 1.71. The number of phenols is 1. The average Bonchev–Trinajstić information content (AvgIpc) is 2.65. The number of aromatic hydroxyl groups is 1. The van der Waals surface area contributed by atoms with Gasteiger partial charge in [-0.05, 0) is 12.1 Å². The number of hydrogen-bond donors (Lipinski definition) is 2. The van der Waals surface area contributed by atoms with Gasteiger partial charge in [-0.3, -0.25) is 4.79 Å². The lowest BCUT2D eigenvalue weighted by atomic mass is 10.2. The molecule has 5 heteroatoms. The van der Waals surface area contributed by atoms with Crippen LogP contribution in [0.4, 0.5) is 5.69 Å². The first-order valence-electron chi connectivity index (χ1n) is 6.49. The molecule has 1 aliphatic heterocycles. The summed E-state index contributed by atoms with van der Waals surface area (Å²) in [6, 6.07) is 5.08. The van der Waals surface area contributed by atoms with Gasteiger partial charge in [0.25, 0.3) is 0 Å². The summed E-state index contributed by atoms with van der Waals surface area (Å²) < 4.78 is 5.76. The second kappa shape index (κ2) is 5.38. The van der Waals surface area contributed by atoms with Gasteiger partial charge in [0.15, 0.2) is 6.23 Å². The van der Waals surface area contributed by atoms with E-state index in [1.54, 1.807) is 12.1 Å². The summed E-state index contributed by atoms with van der Waals surface area (Å²) in [5.74, 6) is 0.927. The fraction of sp³-hybridized carbons (Fsp3) is 0.500. The molecule has 1 aliphatic rings. The molecule has 1 amide bonds. The number of hydrogen-bond acceptors (Lipinski definition) is 4. The normalized spacial score (nSPS) is 17.3. The fourth-order valence-electron chi connectivity index (χ4n) is 2.04. The van der Waals surface area contributed by atoms with Crippen LogP contribution in [0.5, 0.6) is 11.5 Å². The SMILES string of the molecule is CC(C)C(=O)NCCC1Oc2cc(O)ccc2N1C. The molecule has 0 aromatic heterocycles. The maximum Gasteiger partial charge on any atom is 0.222 e. The highest BCUT2D eigenvalue weighted by atomic mass is 16.5. The molecule has 1 aromatic rings. The van der Waals surface area contributed by atoms with Crippen LogP contribution in [0.1, 0.15) is 20.3 Å². The maximum atomic E-state index is 11.5. The topological polar surface area (TPSA) is 61.8 Å². The van der Waals surface area contributed by atoms with Crippen LogP contribution in [0.15, 0.2) is 18.2 Å². The Bertz CT molecular complexity index is 474. The van der Waals surface area contributed by atoms with Crippen LogP contribution in [-0.4, -0.2) is 30.8 Å². The third kappa shape index (κ3) is 2.92. The summed E-state index contributed by atoms with van der Waals surface area (Å²) in [7, 11) is 1.94. The lowest BCUT2D eigenvalue weighted by Gasteiger charge is -2.20. The van der Waals surface area contributed by atoms with Crippen molar-refractivity contribution in [1.29, 1.82) is 0 Å². The van der Waals surface area contributed by atoms with Crippen LogP contribution < -0.4 is 15.0 Å². The van der Waals surface area contributed by atoms with Crippen molar-refractivity contribution in [2.45, 2.75) is 26.5 Å². The molecule has 1 unspecified atom stereocenters. The number of fused-ring (bicyclic) bond motifs is 1. The molecule has 0 bridgehead atoms. The van der Waals surface area contributed by atoms with Crippen LogP contribution in [-0.2, 0) is 4.79 Å². The number of rotatable bonds is 4. The van der Waals surface area contributed by atoms with Gasteiger partial charge in [-0.2, -0.15) is 0 Å². The van der Waals surface area contributed by atoms with E-state index in [1.165, 1.54) is 0 Å². The number of anilines is 1. The van der Waals surface area contributed by atoms with Crippen molar-refractivity contribution in [3.8, 4) is 11.5 Å². The molecular weight excluding hydrogens is 244 g/mol. The van der Waals surface area contributed by atoms with E-state index in [4.69, 9.17) is 4.74 Å². The Hall–Kier alpha value is -1.91. The van der Waals surface area contributed by atoms with Crippen LogP contribution in [0.2, 0.25) is 0 Å². The van der Waals surface area contributed by atoms with E-state index < -0.39 is 0 Å². The standard InChI is InChI=1S/C14H20N2O3/c1-9(2)14(18)15-7-6-13-16(3)11-5-4-10(17)8-12(11)19-13/h4-5,8-9,13,17H,6-7H2,1-3H3,(H,15,18). The smallest absolute Gasteiger partial charge is 0.222 e. The number of ether oxygens (including phenoxy) is 1. The largest absolute Gasteiger partial charge is 0.508 e. The van der Waals surface area contributed by atoms with E-state index in [2.05, 4.69) is 5.32 Å². The summed E-state index contributed by atoms with van der Waals surface area (Å²) >= 11 is 0. The van der Waals surface area contributed by atoms with Crippen LogP contribution in [0.25, 0.3) is 0 Å². The summed E-state index contributed by atoms with van der Waals surface area (Å²) in [5, 5.41) is 12.3. The number of nitrogens with one attached hydrogen (secondary N) is 1. The minimum absolute atomic E-state index is 0.00336. The van der Waals surface area contributed by atoms with Crippen molar-refractivity contribution in [3.05, 3.63) is 18.2 Å². The second-order valence-corrected chi connectivity index (χ2v) is 5.07. The Morgan fingerprint density at radius 2 is 2.26 bits per heavy atom. The third-order valence-corrected chi connectivity index (χ3v) is 3.23. The van der Waals surface area contributed by atoms with Crippen LogP contribution in [0.3, 0.4) is 0 Å². The summed E-state index contributed by atoms with van der Waals surface area (Å²) in [6.07, 6.45) is 0.592. The Balaban J connectivity index is 1.90. The van der Waals surface area contributed by atoms with E-state index in [9.17, 15) is 9.90 Å². The van der Waals surface area contributed by atoms with E-state index in [1.807, 2.05) is 31.9 Å². The monoisotopic (exact) mass is 264 g/mol. The Kier molecular flexibility index (Phi) is 3.83. The predicted molar refractivity (Wildman–Crippen MR) is 73.4 cm³/mol. The number of phenolic OH excluding ortho intramolecular Hbond substituents is 1. The first-order valence-corrected chi connectivity index (χ1v) is 6.49. The maximum absolute atomic E-state index is 11.5. The average molecular weight is 264 g/mol. The van der Waals surface area contributed by atoms with Crippen molar-refractivity contribution >= 4 is 11.6 Å². The highest BCUT2D eigenvalue weighted by molar-refractivity contribution is 5.77. The number of benzene rings is 1. The molecule has 0 fully saturated rings. The van der Waals surface area contributed by atoms with E-state index in [0.717, 1.165) is 5.69 Å². The van der Waals surface area contributed by atoms with Crippen LogP contribution in [0, 0.1) is 5.92 Å². The third-order valence-electron chi connectivity index (χ3n) is 3.23. The zero-order chi connectivity index (χ0) is 14.0. The molecule has 19 heavy (non-hydrogen) atoms. The molecular formula is C14H20N2O3. The van der Waals surface area contributed by atoms with E-state index in [0.29, 0.717) is 18.7 Å². The van der Waals surface area contributed by atoms with Gasteiger partial charge in [0, 0.05) is 32.0 Å². The molecule has 5 nitrogen and oxygen atoms in total. The zero-order valence-electron chi connectivity index (χ0n) is 11.5. The number of carbonyl (C=O) groups is 1. The number of amides is 1. The Labute approximate surface area is 113 Å². The molecule has 0 radical (unpaired) electrons. The summed E-state index contributed by atoms with van der Waals surface area (Å²) in [6.45, 7) is 4.31. The molecule has 0 spiro atoms. The number of nitrogens with zero attached hydrogens (tertiary/aromatic N) is 1. The van der Waals surface area contributed by atoms with Gasteiger partial charge in [0.2, 0.25) is 5.91 Å². The van der Waals surface area contributed by atoms with Gasteiger partial charge in [0.1, 0.15) is 11.5 Å². The lowest BCUT2D eigenvalue weighted by molar-refractivity contribution is -0.124. The molecule has 0 saturated carbocycles. The lowest BCUT2D eigenvalue weighted by Crippen LogP contribution is -2.36. The van der Waals surface area contributed by atoms with Crippen molar-refractivity contribution in [1.82, 2.24) is 5.32 Å². The van der Waals surface area contributed by atoms with Gasteiger partial charge < -0.3 is 20.1 Å². The van der Waals surface area contributed by atoms with E-state index in [-0.39, 0.29) is 23.8 Å². The van der Waals surface area contributed by atoms with Crippen molar-refractivity contribution in [2.75, 3.05) is 18.5 Å². The molecule has 0 saturated heterocycles. The highest BCUT2D eigenvalue weighted by Crippen LogP contribution is 2.38. The van der Waals surface area contributed by atoms with Crippen molar-refractivity contribution in [3.63, 3.8) is 0 Å². The molecule has 1 heterocycles. The fourth-order valence-corrected chi connectivity index (χ4v) is 2.04. The summed E-state index contributed by atoms with van der Waals surface area (Å²) in [5.41, 5.74) is 0.956. The van der Waals surface area contributed by atoms with Crippen molar-refractivity contribution in [2.24, 2.45) is 5.92 Å². The minimum Gasteiger partial charge on any atom is -0.508 e. The van der Waals surface area contributed by atoms with Gasteiger partial charge in [0.05, 0.1) is 5.69 Å².